The van der Waals surface area contributed by atoms with Gasteiger partial charge in [-0.05, 0) is 37.5 Å². The summed E-state index contributed by atoms with van der Waals surface area (Å²) in [6, 6.07) is 0. The topological polar surface area (TPSA) is 96.2 Å². The van der Waals surface area contributed by atoms with Crippen molar-refractivity contribution in [2.24, 2.45) is 10.8 Å². The minimum atomic E-state index is -4.46. The maximum atomic E-state index is 10.9. The van der Waals surface area contributed by atoms with Gasteiger partial charge in [-0.3, -0.25) is 4.52 Å². The van der Waals surface area contributed by atoms with Gasteiger partial charge in [0.05, 0.1) is 19.8 Å². The molecule has 3 N–H and O–H groups in total. The van der Waals surface area contributed by atoms with Crippen LogP contribution in [0.3, 0.4) is 0 Å². The number of aliphatic hydroxyl groups is 1. The van der Waals surface area contributed by atoms with Crippen LogP contribution in [0.2, 0.25) is 0 Å². The molecule has 0 saturated heterocycles. The Balaban J connectivity index is 4.66. The summed E-state index contributed by atoms with van der Waals surface area (Å²) >= 11 is 0. The van der Waals surface area contributed by atoms with E-state index in [2.05, 4.69) is 13.8 Å². The normalized spacial score (nSPS) is 13.6. The van der Waals surface area contributed by atoms with E-state index < -0.39 is 13.2 Å². The van der Waals surface area contributed by atoms with Gasteiger partial charge in [0.15, 0.2) is 0 Å². The first kappa shape index (κ1) is 22.0. The fourth-order valence-electron chi connectivity index (χ4n) is 2.52. The van der Waals surface area contributed by atoms with Crippen molar-refractivity contribution in [2.45, 2.75) is 59.8 Å². The minimum absolute atomic E-state index is 0.0183. The number of hydrogen-bond donors (Lipinski definition) is 3. The van der Waals surface area contributed by atoms with Gasteiger partial charge in [-0.2, -0.15) is 0 Å². The van der Waals surface area contributed by atoms with Crippen molar-refractivity contribution in [3.05, 3.63) is 0 Å². The average Bonchev–Trinajstić information content (AvgIpc) is 2.49. The Morgan fingerprint density at radius 3 is 1.68 bits per heavy atom. The molecular formula is C15H33O6P. The van der Waals surface area contributed by atoms with E-state index in [1.807, 2.05) is 13.8 Å². The molecule has 0 unspecified atom stereocenters. The van der Waals surface area contributed by atoms with Crippen LogP contribution in [0.1, 0.15) is 59.8 Å². The largest absolute Gasteiger partial charge is 0.469 e. The van der Waals surface area contributed by atoms with Crippen molar-refractivity contribution in [2.75, 3.05) is 26.4 Å². The predicted octanol–water partition coefficient (Wildman–Crippen LogP) is 3.11. The predicted molar refractivity (Wildman–Crippen MR) is 86.5 cm³/mol. The lowest BCUT2D eigenvalue weighted by atomic mass is 9.80. The lowest BCUT2D eigenvalue weighted by Gasteiger charge is -2.35. The molecule has 0 spiro atoms. The first-order valence-electron chi connectivity index (χ1n) is 8.10. The molecule has 0 bridgehead atoms. The van der Waals surface area contributed by atoms with Gasteiger partial charge < -0.3 is 19.6 Å². The summed E-state index contributed by atoms with van der Waals surface area (Å²) in [5.74, 6) is 0. The Labute approximate surface area is 134 Å². The second-order valence-corrected chi connectivity index (χ2v) is 7.38. The fraction of sp³-hybridized carbons (Fsp3) is 1.00. The molecular weight excluding hydrogens is 307 g/mol. The van der Waals surface area contributed by atoms with Crippen LogP contribution in [-0.2, 0) is 13.8 Å². The van der Waals surface area contributed by atoms with Crippen molar-refractivity contribution in [1.82, 2.24) is 0 Å². The maximum Gasteiger partial charge on any atom is 0.469 e. The van der Waals surface area contributed by atoms with Crippen molar-refractivity contribution in [1.29, 1.82) is 0 Å². The molecule has 134 valence electrons. The van der Waals surface area contributed by atoms with Crippen LogP contribution in [-0.4, -0.2) is 41.3 Å². The molecule has 0 aliphatic rings. The number of ether oxygens (including phenoxy) is 1. The summed E-state index contributed by atoms with van der Waals surface area (Å²) in [7, 11) is -4.46. The van der Waals surface area contributed by atoms with E-state index in [0.717, 1.165) is 25.7 Å². The average molecular weight is 340 g/mol. The molecule has 0 aliphatic carbocycles. The van der Waals surface area contributed by atoms with E-state index in [4.69, 9.17) is 19.0 Å². The van der Waals surface area contributed by atoms with Crippen LogP contribution in [0.25, 0.3) is 0 Å². The molecule has 22 heavy (non-hydrogen) atoms. The standard InChI is InChI=1S/C15H33O6P/c1-5-14(6-2,9-10-16)11-20-12-15(7-3,8-4)13-21-22(17,18)19/h16H,5-13H2,1-4H3,(H2,17,18,19). The van der Waals surface area contributed by atoms with Crippen molar-refractivity contribution in [3.63, 3.8) is 0 Å². The van der Waals surface area contributed by atoms with Gasteiger partial charge in [-0.1, -0.05) is 27.7 Å². The van der Waals surface area contributed by atoms with Crippen LogP contribution in [0.15, 0.2) is 0 Å². The monoisotopic (exact) mass is 340 g/mol. The van der Waals surface area contributed by atoms with E-state index >= 15 is 0 Å². The van der Waals surface area contributed by atoms with E-state index in [0.29, 0.717) is 19.6 Å². The molecule has 0 heterocycles. The summed E-state index contributed by atoms with van der Waals surface area (Å²) in [6.45, 7) is 9.17. The van der Waals surface area contributed by atoms with Crippen molar-refractivity contribution in [3.8, 4) is 0 Å². The number of phosphoric ester groups is 1. The maximum absolute atomic E-state index is 10.9. The van der Waals surface area contributed by atoms with Crippen LogP contribution in [0, 0.1) is 10.8 Å². The van der Waals surface area contributed by atoms with E-state index in [1.54, 1.807) is 0 Å². The molecule has 0 amide bonds. The fourth-order valence-corrected chi connectivity index (χ4v) is 2.96. The Bertz CT molecular complexity index is 333. The molecule has 0 aromatic rings. The molecule has 0 saturated carbocycles. The van der Waals surface area contributed by atoms with E-state index in [-0.39, 0.29) is 18.6 Å². The zero-order valence-corrected chi connectivity index (χ0v) is 15.3. The van der Waals surface area contributed by atoms with Crippen LogP contribution < -0.4 is 0 Å². The van der Waals surface area contributed by atoms with Crippen LogP contribution in [0.5, 0.6) is 0 Å². The summed E-state index contributed by atoms with van der Waals surface area (Å²) in [5.41, 5.74) is -0.431. The third-order valence-corrected chi connectivity index (χ3v) is 5.46. The quantitative estimate of drug-likeness (QED) is 0.446. The second-order valence-electron chi connectivity index (χ2n) is 6.14. The van der Waals surface area contributed by atoms with E-state index in [9.17, 15) is 9.67 Å². The highest BCUT2D eigenvalue weighted by Crippen LogP contribution is 2.40. The Morgan fingerprint density at radius 1 is 0.864 bits per heavy atom. The van der Waals surface area contributed by atoms with Gasteiger partial charge in [-0.15, -0.1) is 0 Å². The molecule has 6 nitrogen and oxygen atoms in total. The Kier molecular flexibility index (Phi) is 10.0. The minimum Gasteiger partial charge on any atom is -0.396 e. The highest BCUT2D eigenvalue weighted by atomic mass is 31.2. The Morgan fingerprint density at radius 2 is 1.32 bits per heavy atom. The van der Waals surface area contributed by atoms with Crippen LogP contribution >= 0.6 is 7.82 Å². The lowest BCUT2D eigenvalue weighted by molar-refractivity contribution is -0.0406. The SMILES string of the molecule is CCC(CC)(CCO)COCC(CC)(CC)COP(=O)(O)O. The zero-order chi connectivity index (χ0) is 17.3. The molecule has 0 rings (SSSR count). The molecule has 7 heteroatoms. The van der Waals surface area contributed by atoms with Gasteiger partial charge in [-0.25, -0.2) is 4.57 Å². The van der Waals surface area contributed by atoms with Gasteiger partial charge in [0.1, 0.15) is 0 Å². The molecule has 0 atom stereocenters. The van der Waals surface area contributed by atoms with Crippen molar-refractivity contribution < 1.29 is 28.7 Å². The highest BCUT2D eigenvalue weighted by molar-refractivity contribution is 7.46. The zero-order valence-electron chi connectivity index (χ0n) is 14.4. The first-order chi connectivity index (χ1) is 10.2. The lowest BCUT2D eigenvalue weighted by Crippen LogP contribution is -2.34. The highest BCUT2D eigenvalue weighted by Gasteiger charge is 2.32. The molecule has 0 fully saturated rings. The summed E-state index contributed by atoms with van der Waals surface area (Å²) in [6.07, 6.45) is 3.98. The van der Waals surface area contributed by atoms with Gasteiger partial charge in [0.2, 0.25) is 0 Å². The number of rotatable bonds is 13. The molecule has 0 aromatic heterocycles. The third kappa shape index (κ3) is 7.53. The van der Waals surface area contributed by atoms with Gasteiger partial charge in [0, 0.05) is 12.0 Å². The van der Waals surface area contributed by atoms with Gasteiger partial charge >= 0.3 is 7.82 Å². The third-order valence-electron chi connectivity index (χ3n) is 5.00. The van der Waals surface area contributed by atoms with Gasteiger partial charge in [0.25, 0.3) is 0 Å². The van der Waals surface area contributed by atoms with Crippen molar-refractivity contribution >= 4 is 7.82 Å². The summed E-state index contributed by atoms with van der Waals surface area (Å²) in [5, 5.41) is 9.23. The van der Waals surface area contributed by atoms with Crippen LogP contribution in [0.4, 0.5) is 0 Å². The molecule has 0 aliphatic heterocycles. The first-order valence-corrected chi connectivity index (χ1v) is 9.63. The molecule has 0 aromatic carbocycles. The second kappa shape index (κ2) is 10.0. The number of aliphatic hydroxyl groups excluding tert-OH is 1. The smallest absolute Gasteiger partial charge is 0.396 e. The molecule has 0 radical (unpaired) electrons. The number of hydrogen-bond acceptors (Lipinski definition) is 4. The Hall–Kier alpha value is 0.0300. The summed E-state index contributed by atoms with van der Waals surface area (Å²) < 4.78 is 21.5. The summed E-state index contributed by atoms with van der Waals surface area (Å²) in [4.78, 5) is 17.8. The number of phosphoric acid groups is 1. The van der Waals surface area contributed by atoms with E-state index in [1.165, 1.54) is 0 Å².